The Hall–Kier alpha value is -3.36. The van der Waals surface area contributed by atoms with Crippen molar-refractivity contribution in [2.24, 2.45) is 0 Å². The SMILES string of the molecule is CCNC(=O)[C@@H](CC)N(CCc1ccccc1)C(=O)CN(c1cccc(Cl)c1C)S(=O)(=O)c1ccccc1. The minimum atomic E-state index is -4.13. The number of nitrogens with one attached hydrogen (secondary N) is 1. The van der Waals surface area contributed by atoms with E-state index in [9.17, 15) is 18.0 Å². The number of hydrogen-bond donors (Lipinski definition) is 1. The molecule has 0 aromatic heterocycles. The van der Waals surface area contributed by atoms with Crippen LogP contribution in [0.1, 0.15) is 31.4 Å². The van der Waals surface area contributed by atoms with E-state index in [0.717, 1.165) is 9.87 Å². The maximum Gasteiger partial charge on any atom is 0.264 e. The van der Waals surface area contributed by atoms with Crippen molar-refractivity contribution in [2.45, 2.75) is 44.6 Å². The fraction of sp³-hybridized carbons (Fsp3) is 0.310. The maximum absolute atomic E-state index is 13.9. The summed E-state index contributed by atoms with van der Waals surface area (Å²) in [5.41, 5.74) is 1.85. The molecule has 1 N–H and O–H groups in total. The van der Waals surface area contributed by atoms with E-state index in [0.29, 0.717) is 35.7 Å². The van der Waals surface area contributed by atoms with Gasteiger partial charge >= 0.3 is 0 Å². The number of anilines is 1. The molecule has 0 radical (unpaired) electrons. The van der Waals surface area contributed by atoms with Crippen molar-refractivity contribution in [3.63, 3.8) is 0 Å². The van der Waals surface area contributed by atoms with Crippen molar-refractivity contribution in [3.05, 3.63) is 95.0 Å². The molecule has 0 fully saturated rings. The molecular weight excluding hydrogens is 522 g/mol. The lowest BCUT2D eigenvalue weighted by Gasteiger charge is -2.33. The van der Waals surface area contributed by atoms with Crippen molar-refractivity contribution < 1.29 is 18.0 Å². The molecule has 0 saturated carbocycles. The molecule has 0 spiro atoms. The number of benzene rings is 3. The molecule has 3 aromatic rings. The quantitative estimate of drug-likeness (QED) is 0.347. The first-order chi connectivity index (χ1) is 18.2. The largest absolute Gasteiger partial charge is 0.355 e. The van der Waals surface area contributed by atoms with Crippen molar-refractivity contribution in [3.8, 4) is 0 Å². The number of carbonyl (C=O) groups is 2. The van der Waals surface area contributed by atoms with Crippen molar-refractivity contribution in [1.29, 1.82) is 0 Å². The second kappa shape index (κ2) is 13.4. The Balaban J connectivity index is 2.03. The highest BCUT2D eigenvalue weighted by atomic mass is 35.5. The molecule has 0 unspecified atom stereocenters. The summed E-state index contributed by atoms with van der Waals surface area (Å²) in [6.45, 7) is 5.56. The minimum Gasteiger partial charge on any atom is -0.355 e. The molecule has 9 heteroatoms. The van der Waals surface area contributed by atoms with Crippen LogP contribution in [0, 0.1) is 6.92 Å². The lowest BCUT2D eigenvalue weighted by Crippen LogP contribution is -2.53. The van der Waals surface area contributed by atoms with Crippen LogP contribution >= 0.6 is 11.6 Å². The summed E-state index contributed by atoms with van der Waals surface area (Å²) in [5.74, 6) is -0.745. The van der Waals surface area contributed by atoms with Crippen LogP contribution in [-0.4, -0.2) is 50.8 Å². The predicted octanol–water partition coefficient (Wildman–Crippen LogP) is 4.83. The Morgan fingerprint density at radius 3 is 2.16 bits per heavy atom. The van der Waals surface area contributed by atoms with Gasteiger partial charge in [-0.05, 0) is 62.1 Å². The third kappa shape index (κ3) is 6.94. The monoisotopic (exact) mass is 555 g/mol. The Morgan fingerprint density at radius 2 is 1.55 bits per heavy atom. The van der Waals surface area contributed by atoms with Crippen molar-refractivity contribution >= 4 is 39.1 Å². The van der Waals surface area contributed by atoms with Gasteiger partial charge in [0, 0.05) is 18.1 Å². The molecular formula is C29H34ClN3O4S. The smallest absolute Gasteiger partial charge is 0.264 e. The Labute approximate surface area is 230 Å². The number of carbonyl (C=O) groups excluding carboxylic acids is 2. The maximum atomic E-state index is 13.9. The summed E-state index contributed by atoms with van der Waals surface area (Å²) in [7, 11) is -4.13. The van der Waals surface area contributed by atoms with Crippen LogP contribution in [0.4, 0.5) is 5.69 Å². The van der Waals surface area contributed by atoms with E-state index >= 15 is 0 Å². The van der Waals surface area contributed by atoms with Crippen molar-refractivity contribution in [1.82, 2.24) is 10.2 Å². The van der Waals surface area contributed by atoms with Gasteiger partial charge in [-0.3, -0.25) is 13.9 Å². The first-order valence-electron chi connectivity index (χ1n) is 12.6. The molecule has 0 aliphatic carbocycles. The molecule has 38 heavy (non-hydrogen) atoms. The Morgan fingerprint density at radius 1 is 0.921 bits per heavy atom. The molecule has 0 saturated heterocycles. The van der Waals surface area contributed by atoms with E-state index in [1.54, 1.807) is 43.3 Å². The fourth-order valence-corrected chi connectivity index (χ4v) is 5.95. The summed E-state index contributed by atoms with van der Waals surface area (Å²) in [6, 6.07) is 21.8. The van der Waals surface area contributed by atoms with Gasteiger partial charge in [0.15, 0.2) is 0 Å². The highest BCUT2D eigenvalue weighted by molar-refractivity contribution is 7.92. The Bertz CT molecular complexity index is 1330. The summed E-state index contributed by atoms with van der Waals surface area (Å²) in [4.78, 5) is 28.4. The molecule has 202 valence electrons. The standard InChI is InChI=1S/C29H34ClN3O4S/c1-4-26(29(35)31-5-2)32(20-19-23-13-8-6-9-14-23)28(34)21-33(27-18-12-17-25(30)22(27)3)38(36,37)24-15-10-7-11-16-24/h6-18,26H,4-5,19-21H2,1-3H3,(H,31,35)/t26-/m1/s1. The third-order valence-electron chi connectivity index (χ3n) is 6.34. The molecule has 3 aromatic carbocycles. The summed E-state index contributed by atoms with van der Waals surface area (Å²) >= 11 is 6.35. The Kier molecular flexibility index (Phi) is 10.3. The van der Waals surface area contributed by atoms with Crippen LogP contribution in [0.3, 0.4) is 0 Å². The van der Waals surface area contributed by atoms with Gasteiger partial charge in [0.2, 0.25) is 11.8 Å². The summed E-state index contributed by atoms with van der Waals surface area (Å²) < 4.78 is 28.8. The van der Waals surface area contributed by atoms with E-state index in [1.165, 1.54) is 17.0 Å². The molecule has 0 aliphatic heterocycles. The highest BCUT2D eigenvalue weighted by Crippen LogP contribution is 2.31. The molecule has 2 amide bonds. The lowest BCUT2D eigenvalue weighted by molar-refractivity contribution is -0.139. The van der Waals surface area contributed by atoms with Gasteiger partial charge < -0.3 is 10.2 Å². The summed E-state index contributed by atoms with van der Waals surface area (Å²) in [5, 5.41) is 3.19. The van der Waals surface area contributed by atoms with Gasteiger partial charge in [-0.1, -0.05) is 73.1 Å². The van der Waals surface area contributed by atoms with Gasteiger partial charge in [0.1, 0.15) is 12.6 Å². The van der Waals surface area contributed by atoms with Gasteiger partial charge in [-0.15, -0.1) is 0 Å². The fourth-order valence-electron chi connectivity index (χ4n) is 4.29. The number of likely N-dealkylation sites (N-methyl/N-ethyl adjacent to an activating group) is 1. The molecule has 0 bridgehead atoms. The topological polar surface area (TPSA) is 86.8 Å². The number of nitrogens with zero attached hydrogens (tertiary/aromatic N) is 2. The van der Waals surface area contributed by atoms with Crippen LogP contribution in [-0.2, 0) is 26.0 Å². The summed E-state index contributed by atoms with van der Waals surface area (Å²) in [6.07, 6.45) is 0.901. The first kappa shape index (κ1) is 29.2. The van der Waals surface area contributed by atoms with Crippen LogP contribution in [0.2, 0.25) is 5.02 Å². The van der Waals surface area contributed by atoms with Gasteiger partial charge in [-0.25, -0.2) is 8.42 Å². The zero-order valence-electron chi connectivity index (χ0n) is 21.9. The van der Waals surface area contributed by atoms with Crippen LogP contribution in [0.15, 0.2) is 83.8 Å². The zero-order valence-corrected chi connectivity index (χ0v) is 23.5. The minimum absolute atomic E-state index is 0.0544. The van der Waals surface area contributed by atoms with Gasteiger partial charge in [0.25, 0.3) is 10.0 Å². The lowest BCUT2D eigenvalue weighted by atomic mass is 10.1. The van der Waals surface area contributed by atoms with E-state index in [-0.39, 0.29) is 17.3 Å². The average Bonchev–Trinajstić information content (AvgIpc) is 2.92. The van der Waals surface area contributed by atoms with Gasteiger partial charge in [0.05, 0.1) is 10.6 Å². The predicted molar refractivity (Wildman–Crippen MR) is 152 cm³/mol. The van der Waals surface area contributed by atoms with Crippen LogP contribution in [0.5, 0.6) is 0 Å². The van der Waals surface area contributed by atoms with E-state index < -0.39 is 28.5 Å². The molecule has 7 nitrogen and oxygen atoms in total. The van der Waals surface area contributed by atoms with Crippen LogP contribution < -0.4 is 9.62 Å². The second-order valence-electron chi connectivity index (χ2n) is 8.85. The van der Waals surface area contributed by atoms with E-state index in [4.69, 9.17) is 11.6 Å². The molecule has 0 aliphatic rings. The number of halogens is 1. The van der Waals surface area contributed by atoms with E-state index in [1.807, 2.05) is 44.2 Å². The third-order valence-corrected chi connectivity index (χ3v) is 8.52. The number of amides is 2. The van der Waals surface area contributed by atoms with Gasteiger partial charge in [-0.2, -0.15) is 0 Å². The second-order valence-corrected chi connectivity index (χ2v) is 11.1. The number of sulfonamides is 1. The average molecular weight is 556 g/mol. The normalized spacial score (nSPS) is 12.0. The highest BCUT2D eigenvalue weighted by Gasteiger charge is 2.34. The molecule has 1 atom stereocenters. The number of hydrogen-bond acceptors (Lipinski definition) is 4. The molecule has 3 rings (SSSR count). The molecule has 0 heterocycles. The number of rotatable bonds is 12. The van der Waals surface area contributed by atoms with Crippen molar-refractivity contribution in [2.75, 3.05) is 23.9 Å². The van der Waals surface area contributed by atoms with Crippen LogP contribution in [0.25, 0.3) is 0 Å². The first-order valence-corrected chi connectivity index (χ1v) is 14.5. The van der Waals surface area contributed by atoms with E-state index in [2.05, 4.69) is 5.32 Å². The zero-order chi connectivity index (χ0) is 27.7.